The van der Waals surface area contributed by atoms with Gasteiger partial charge in [-0.15, -0.1) is 5.10 Å². The summed E-state index contributed by atoms with van der Waals surface area (Å²) in [7, 11) is 1.30. The molecule has 2 N–H and O–H groups in total. The van der Waals surface area contributed by atoms with E-state index in [2.05, 4.69) is 10.1 Å². The Bertz CT molecular complexity index is 1430. The molecule has 32 heavy (non-hydrogen) atoms. The fraction of sp³-hybridized carbons (Fsp3) is 0.0833. The normalized spacial score (nSPS) is 11.0. The first-order valence-electron chi connectivity index (χ1n) is 9.95. The van der Waals surface area contributed by atoms with E-state index in [9.17, 15) is 4.79 Å². The minimum Gasteiger partial charge on any atom is -0.486 e. The smallest absolute Gasteiger partial charge is 0.360 e. The molecular weight excluding hydrogens is 406 g/mol. The van der Waals surface area contributed by atoms with Gasteiger partial charge in [-0.1, -0.05) is 60.7 Å². The topological polar surface area (TPSA) is 105 Å². The second-order valence-corrected chi connectivity index (χ2v) is 7.11. The lowest BCUT2D eigenvalue weighted by atomic mass is 10.1. The average Bonchev–Trinajstić information content (AvgIpc) is 3.24. The number of anilines is 1. The highest BCUT2D eigenvalue weighted by Crippen LogP contribution is 2.34. The number of nitrogens with zero attached hydrogens (tertiary/aromatic N) is 4. The number of carbonyl (C=O) groups excluding carboxylic acids is 1. The highest BCUT2D eigenvalue weighted by atomic mass is 16.5. The van der Waals surface area contributed by atoms with E-state index in [0.717, 1.165) is 16.8 Å². The molecule has 0 atom stereocenters. The zero-order valence-electron chi connectivity index (χ0n) is 17.2. The summed E-state index contributed by atoms with van der Waals surface area (Å²) >= 11 is 0. The largest absolute Gasteiger partial charge is 0.486 e. The molecule has 0 unspecified atom stereocenters. The van der Waals surface area contributed by atoms with E-state index in [4.69, 9.17) is 20.2 Å². The van der Waals surface area contributed by atoms with Crippen molar-refractivity contribution in [3.8, 4) is 17.0 Å². The Morgan fingerprint density at radius 1 is 0.969 bits per heavy atom. The number of benzene rings is 2. The first-order valence-corrected chi connectivity index (χ1v) is 9.95. The van der Waals surface area contributed by atoms with E-state index < -0.39 is 5.97 Å². The van der Waals surface area contributed by atoms with Gasteiger partial charge in [-0.05, 0) is 17.7 Å². The van der Waals surface area contributed by atoms with Crippen LogP contribution >= 0.6 is 0 Å². The number of hydrogen-bond donors (Lipinski definition) is 1. The van der Waals surface area contributed by atoms with Gasteiger partial charge in [-0.25, -0.2) is 9.78 Å². The summed E-state index contributed by atoms with van der Waals surface area (Å²) < 4.78 is 12.5. The maximum Gasteiger partial charge on any atom is 0.360 e. The monoisotopic (exact) mass is 425 g/mol. The molecule has 0 amide bonds. The van der Waals surface area contributed by atoms with Crippen molar-refractivity contribution in [3.63, 3.8) is 0 Å². The third-order valence-electron chi connectivity index (χ3n) is 5.08. The molecule has 0 aliphatic heterocycles. The molecular formula is C24H19N5O3. The number of rotatable bonds is 5. The van der Waals surface area contributed by atoms with Crippen LogP contribution in [0.25, 0.3) is 27.8 Å². The number of aromatic nitrogens is 4. The third kappa shape index (κ3) is 3.37. The lowest BCUT2D eigenvalue weighted by molar-refractivity contribution is 0.0585. The number of pyridine rings is 2. The van der Waals surface area contributed by atoms with Crippen LogP contribution in [0.1, 0.15) is 16.1 Å². The van der Waals surface area contributed by atoms with Crippen LogP contribution in [-0.2, 0) is 11.3 Å². The van der Waals surface area contributed by atoms with Crippen LogP contribution in [0.4, 0.5) is 5.95 Å². The summed E-state index contributed by atoms with van der Waals surface area (Å²) in [6, 6.07) is 23.2. The van der Waals surface area contributed by atoms with Crippen molar-refractivity contribution in [2.75, 3.05) is 12.8 Å². The average molecular weight is 425 g/mol. The van der Waals surface area contributed by atoms with Crippen LogP contribution < -0.4 is 10.5 Å². The van der Waals surface area contributed by atoms with E-state index in [-0.39, 0.29) is 18.2 Å². The molecule has 3 heterocycles. The number of hydrogen-bond acceptors (Lipinski definition) is 7. The molecule has 0 saturated carbocycles. The zero-order valence-corrected chi connectivity index (χ0v) is 17.2. The zero-order chi connectivity index (χ0) is 22.1. The Morgan fingerprint density at radius 2 is 1.69 bits per heavy atom. The maximum atomic E-state index is 12.7. The van der Waals surface area contributed by atoms with Crippen LogP contribution in [0.15, 0.2) is 72.8 Å². The Labute approximate surface area is 183 Å². The van der Waals surface area contributed by atoms with Gasteiger partial charge in [0.05, 0.1) is 12.8 Å². The number of methoxy groups -OCH3 is 1. The SMILES string of the molecule is COC(=O)c1c(OCc2ccccc2)c2ccc(-c3ccccc3)nc2c2nc(N)nn12. The van der Waals surface area contributed by atoms with E-state index >= 15 is 0 Å². The van der Waals surface area contributed by atoms with Gasteiger partial charge in [0.1, 0.15) is 12.1 Å². The van der Waals surface area contributed by atoms with Gasteiger partial charge in [0, 0.05) is 10.9 Å². The van der Waals surface area contributed by atoms with Crippen molar-refractivity contribution in [1.82, 2.24) is 19.6 Å². The molecule has 2 aromatic carbocycles. The number of carbonyl (C=O) groups is 1. The standard InChI is InChI=1S/C24H19N5O3/c1-31-23(30)20-21(32-14-15-8-4-2-5-9-15)17-12-13-18(16-10-6-3-7-11-16)26-19(17)22-27-24(25)28-29(20)22/h2-13H,14H2,1H3,(H2,25,28). The summed E-state index contributed by atoms with van der Waals surface area (Å²) in [4.78, 5) is 21.9. The Hall–Kier alpha value is -4.46. The van der Waals surface area contributed by atoms with Gasteiger partial charge in [0.15, 0.2) is 17.1 Å². The molecule has 0 aliphatic carbocycles. The second-order valence-electron chi connectivity index (χ2n) is 7.11. The fourth-order valence-corrected chi connectivity index (χ4v) is 3.60. The fourth-order valence-electron chi connectivity index (χ4n) is 3.60. The number of ether oxygens (including phenoxy) is 2. The van der Waals surface area contributed by atoms with Crippen molar-refractivity contribution in [1.29, 1.82) is 0 Å². The first-order chi connectivity index (χ1) is 15.7. The Kier molecular flexibility index (Phi) is 4.87. The van der Waals surface area contributed by atoms with E-state index in [1.165, 1.54) is 11.6 Å². The minimum absolute atomic E-state index is 0.0172. The molecule has 0 bridgehead atoms. The minimum atomic E-state index is -0.614. The molecule has 0 fully saturated rings. The molecule has 8 nitrogen and oxygen atoms in total. The van der Waals surface area contributed by atoms with E-state index in [0.29, 0.717) is 22.3 Å². The Morgan fingerprint density at radius 3 is 2.41 bits per heavy atom. The number of fused-ring (bicyclic) bond motifs is 3. The predicted molar refractivity (Wildman–Crippen MR) is 120 cm³/mol. The van der Waals surface area contributed by atoms with Gasteiger partial charge >= 0.3 is 5.97 Å². The van der Waals surface area contributed by atoms with Crippen molar-refractivity contribution in [3.05, 3.63) is 84.1 Å². The number of nitrogens with two attached hydrogens (primary N) is 1. The number of nitrogen functional groups attached to an aromatic ring is 1. The van der Waals surface area contributed by atoms with Crippen molar-refractivity contribution < 1.29 is 14.3 Å². The van der Waals surface area contributed by atoms with Crippen molar-refractivity contribution >= 4 is 28.5 Å². The van der Waals surface area contributed by atoms with Gasteiger partial charge < -0.3 is 15.2 Å². The highest BCUT2D eigenvalue weighted by molar-refractivity contribution is 6.04. The van der Waals surface area contributed by atoms with Crippen LogP contribution in [0.3, 0.4) is 0 Å². The van der Waals surface area contributed by atoms with Crippen LogP contribution in [0.5, 0.6) is 5.75 Å². The maximum absolute atomic E-state index is 12.7. The van der Waals surface area contributed by atoms with Gasteiger partial charge in [0.25, 0.3) is 0 Å². The highest BCUT2D eigenvalue weighted by Gasteiger charge is 2.26. The lowest BCUT2D eigenvalue weighted by Gasteiger charge is -2.15. The molecule has 158 valence electrons. The molecule has 5 rings (SSSR count). The molecule has 0 aliphatic rings. The summed E-state index contributed by atoms with van der Waals surface area (Å²) in [5, 5.41) is 4.82. The number of esters is 1. The van der Waals surface area contributed by atoms with E-state index in [1.54, 1.807) is 0 Å². The summed E-state index contributed by atoms with van der Waals surface area (Å²) in [5.74, 6) is -0.291. The quantitative estimate of drug-likeness (QED) is 0.426. The van der Waals surface area contributed by atoms with Crippen LogP contribution in [-0.4, -0.2) is 32.7 Å². The van der Waals surface area contributed by atoms with Gasteiger partial charge in [0.2, 0.25) is 5.95 Å². The van der Waals surface area contributed by atoms with E-state index in [1.807, 2.05) is 72.8 Å². The molecule has 5 aromatic rings. The molecule has 0 saturated heterocycles. The van der Waals surface area contributed by atoms with Gasteiger partial charge in [-0.2, -0.15) is 9.50 Å². The van der Waals surface area contributed by atoms with Crippen molar-refractivity contribution in [2.45, 2.75) is 6.61 Å². The molecule has 0 spiro atoms. The van der Waals surface area contributed by atoms with Crippen LogP contribution in [0, 0.1) is 0 Å². The molecule has 0 radical (unpaired) electrons. The summed E-state index contributed by atoms with van der Waals surface area (Å²) in [5.41, 5.74) is 9.51. The summed E-state index contributed by atoms with van der Waals surface area (Å²) in [6.45, 7) is 0.246. The predicted octanol–water partition coefficient (Wildman–Crippen LogP) is 3.89. The van der Waals surface area contributed by atoms with Crippen molar-refractivity contribution in [2.24, 2.45) is 0 Å². The Balaban J connectivity index is 1.76. The van der Waals surface area contributed by atoms with Crippen LogP contribution in [0.2, 0.25) is 0 Å². The first kappa shape index (κ1) is 19.5. The molecule has 3 aromatic heterocycles. The molecule has 8 heteroatoms. The second kappa shape index (κ2) is 7.99. The lowest BCUT2D eigenvalue weighted by Crippen LogP contribution is -2.14. The third-order valence-corrected chi connectivity index (χ3v) is 5.08. The van der Waals surface area contributed by atoms with Gasteiger partial charge in [-0.3, -0.25) is 0 Å². The summed E-state index contributed by atoms with van der Waals surface area (Å²) in [6.07, 6.45) is 0.